The SMILES string of the molecule is c1ccc2cc3c(cc2c1)c1ccccc1n3-c1ccc2c(c1)c(-c1ccc(-c3ccncc3)cc1)c(-c1ccc(-c3ccncc3)cc1)c1cc(-n3c4ccccc4c4cc5ccccc5cc43)cnc12. The molecule has 334 valence electrons. The number of para-hydroxylation sites is 2. The Morgan fingerprint density at radius 1 is 0.264 bits per heavy atom. The highest BCUT2D eigenvalue weighted by Crippen LogP contribution is 2.47. The molecule has 0 aliphatic rings. The topological polar surface area (TPSA) is 48.5 Å². The van der Waals surface area contributed by atoms with Gasteiger partial charge in [0.1, 0.15) is 0 Å². The van der Waals surface area contributed by atoms with Crippen LogP contribution >= 0.6 is 0 Å². The van der Waals surface area contributed by atoms with Crippen molar-refractivity contribution in [2.45, 2.75) is 0 Å². The molecule has 0 radical (unpaired) electrons. The van der Waals surface area contributed by atoms with Crippen LogP contribution in [0.25, 0.3) is 143 Å². The Bertz CT molecular complexity index is 4350. The third-order valence-corrected chi connectivity index (χ3v) is 14.9. The molecule has 0 unspecified atom stereocenters. The second kappa shape index (κ2) is 15.9. The average molecular weight is 916 g/mol. The van der Waals surface area contributed by atoms with Gasteiger partial charge in [-0.05, 0) is 150 Å². The van der Waals surface area contributed by atoms with Crippen LogP contribution in [0.5, 0.6) is 0 Å². The standard InChI is InChI=1S/C67H41N5/c1-3-11-50-37-63-57(35-48(50)9-1)54-13-5-7-15-61(54)71(63)52-25-26-56-59(39-52)65(46-21-17-42(18-22-46)44-27-31-68-32-28-44)66(47-23-19-43(20-24-47)45-29-33-69-34-30-45)60-40-53(41-70-67(56)60)72-62-16-8-6-14-55(62)58-36-49-10-2-4-12-51(49)38-64(58)72/h1-41H. The lowest BCUT2D eigenvalue weighted by molar-refractivity contribution is 1.16. The van der Waals surface area contributed by atoms with Crippen LogP contribution in [0.4, 0.5) is 0 Å². The van der Waals surface area contributed by atoms with Crippen molar-refractivity contribution in [1.82, 2.24) is 24.1 Å². The van der Waals surface area contributed by atoms with Crippen LogP contribution in [-0.2, 0) is 0 Å². The summed E-state index contributed by atoms with van der Waals surface area (Å²) in [4.78, 5) is 14.2. The molecular weight excluding hydrogens is 875 g/mol. The molecule has 0 spiro atoms. The summed E-state index contributed by atoms with van der Waals surface area (Å²) in [6.45, 7) is 0. The second-order valence-electron chi connectivity index (χ2n) is 18.8. The van der Waals surface area contributed by atoms with Crippen LogP contribution in [0.1, 0.15) is 0 Å². The zero-order valence-corrected chi connectivity index (χ0v) is 38.9. The highest BCUT2D eigenvalue weighted by Gasteiger charge is 2.23. The highest BCUT2D eigenvalue weighted by atomic mass is 15.0. The molecule has 0 saturated carbocycles. The lowest BCUT2D eigenvalue weighted by atomic mass is 9.85. The van der Waals surface area contributed by atoms with Gasteiger partial charge in [-0.25, -0.2) is 0 Å². The maximum absolute atomic E-state index is 5.57. The normalized spacial score (nSPS) is 11.9. The molecule has 5 heteroatoms. The predicted molar refractivity (Wildman–Crippen MR) is 300 cm³/mol. The van der Waals surface area contributed by atoms with Crippen LogP contribution < -0.4 is 0 Å². The molecule has 0 bridgehead atoms. The molecule has 0 amide bonds. The van der Waals surface area contributed by atoms with Gasteiger partial charge in [0.25, 0.3) is 0 Å². The van der Waals surface area contributed by atoms with Gasteiger partial charge in [-0.1, -0.05) is 140 Å². The van der Waals surface area contributed by atoms with E-state index in [0.29, 0.717) is 0 Å². The van der Waals surface area contributed by atoms with Crippen LogP contribution in [0.3, 0.4) is 0 Å². The van der Waals surface area contributed by atoms with E-state index in [2.05, 4.69) is 244 Å². The first-order chi connectivity index (χ1) is 35.7. The molecule has 5 heterocycles. The summed E-state index contributed by atoms with van der Waals surface area (Å²) < 4.78 is 4.85. The Balaban J connectivity index is 1.06. The summed E-state index contributed by atoms with van der Waals surface area (Å²) in [5.74, 6) is 0. The van der Waals surface area contributed by atoms with E-state index >= 15 is 0 Å². The molecular formula is C67H41N5. The monoisotopic (exact) mass is 915 g/mol. The van der Waals surface area contributed by atoms with E-state index in [9.17, 15) is 0 Å². The molecule has 0 N–H and O–H groups in total. The molecule has 0 saturated heterocycles. The quantitative estimate of drug-likeness (QED) is 0.156. The number of hydrogen-bond acceptors (Lipinski definition) is 3. The van der Waals surface area contributed by atoms with Gasteiger partial charge in [-0.2, -0.15) is 0 Å². The zero-order valence-electron chi connectivity index (χ0n) is 38.9. The van der Waals surface area contributed by atoms with E-state index in [-0.39, 0.29) is 0 Å². The lowest BCUT2D eigenvalue weighted by Crippen LogP contribution is -2.00. The third-order valence-electron chi connectivity index (χ3n) is 14.9. The van der Waals surface area contributed by atoms with E-state index in [4.69, 9.17) is 4.98 Å². The van der Waals surface area contributed by atoms with Gasteiger partial charge in [0, 0.05) is 62.8 Å². The number of nitrogens with zero attached hydrogens (tertiary/aromatic N) is 5. The first kappa shape index (κ1) is 40.2. The van der Waals surface area contributed by atoms with Gasteiger partial charge < -0.3 is 9.13 Å². The minimum absolute atomic E-state index is 0.949. The number of pyridine rings is 3. The molecule has 10 aromatic carbocycles. The zero-order chi connectivity index (χ0) is 47.3. The minimum atomic E-state index is 0.949. The van der Waals surface area contributed by atoms with E-state index < -0.39 is 0 Å². The summed E-state index contributed by atoms with van der Waals surface area (Å²) >= 11 is 0. The Kier molecular flexibility index (Phi) is 8.89. The number of hydrogen-bond donors (Lipinski definition) is 0. The van der Waals surface area contributed by atoms with E-state index in [1.54, 1.807) is 0 Å². The summed E-state index contributed by atoms with van der Waals surface area (Å²) in [6, 6.07) is 80.0. The Morgan fingerprint density at radius 3 is 1.21 bits per heavy atom. The molecule has 5 aromatic heterocycles. The van der Waals surface area contributed by atoms with Gasteiger partial charge >= 0.3 is 0 Å². The fraction of sp³-hybridized carbons (Fsp3) is 0. The molecule has 0 atom stereocenters. The van der Waals surface area contributed by atoms with Crippen molar-refractivity contribution in [3.63, 3.8) is 0 Å². The van der Waals surface area contributed by atoms with Crippen molar-refractivity contribution < 1.29 is 0 Å². The predicted octanol–water partition coefficient (Wildman–Crippen LogP) is 17.3. The van der Waals surface area contributed by atoms with Crippen LogP contribution in [-0.4, -0.2) is 24.1 Å². The van der Waals surface area contributed by atoms with Gasteiger partial charge in [0.15, 0.2) is 0 Å². The molecule has 15 rings (SSSR count). The van der Waals surface area contributed by atoms with Crippen molar-refractivity contribution in [3.05, 3.63) is 249 Å². The van der Waals surface area contributed by atoms with Crippen molar-refractivity contribution in [2.75, 3.05) is 0 Å². The fourth-order valence-corrected chi connectivity index (χ4v) is 11.5. The number of fused-ring (bicyclic) bond motifs is 11. The van der Waals surface area contributed by atoms with E-state index in [0.717, 1.165) is 88.6 Å². The lowest BCUT2D eigenvalue weighted by Gasteiger charge is -2.21. The van der Waals surface area contributed by atoms with Crippen molar-refractivity contribution in [3.8, 4) is 55.9 Å². The molecule has 0 aliphatic carbocycles. The summed E-state index contributed by atoms with van der Waals surface area (Å²) in [5, 5.41) is 13.1. The van der Waals surface area contributed by atoms with Gasteiger partial charge in [0.05, 0.1) is 39.5 Å². The van der Waals surface area contributed by atoms with Gasteiger partial charge in [-0.15, -0.1) is 0 Å². The van der Waals surface area contributed by atoms with Crippen LogP contribution in [0, 0.1) is 0 Å². The summed E-state index contributed by atoms with van der Waals surface area (Å²) in [6.07, 6.45) is 9.51. The minimum Gasteiger partial charge on any atom is -0.309 e. The molecule has 5 nitrogen and oxygen atoms in total. The third kappa shape index (κ3) is 6.24. The van der Waals surface area contributed by atoms with Crippen molar-refractivity contribution >= 4 is 86.8 Å². The van der Waals surface area contributed by atoms with Crippen LogP contribution in [0.15, 0.2) is 249 Å². The van der Waals surface area contributed by atoms with Crippen molar-refractivity contribution in [2.24, 2.45) is 0 Å². The first-order valence-corrected chi connectivity index (χ1v) is 24.5. The largest absolute Gasteiger partial charge is 0.309 e. The Morgan fingerprint density at radius 2 is 0.681 bits per heavy atom. The first-order valence-electron chi connectivity index (χ1n) is 24.5. The highest BCUT2D eigenvalue weighted by molar-refractivity contribution is 6.22. The number of aromatic nitrogens is 5. The summed E-state index contributed by atoms with van der Waals surface area (Å²) in [5.41, 5.74) is 16.7. The molecule has 72 heavy (non-hydrogen) atoms. The maximum Gasteiger partial charge on any atom is 0.0788 e. The smallest absolute Gasteiger partial charge is 0.0788 e. The van der Waals surface area contributed by atoms with Crippen molar-refractivity contribution in [1.29, 1.82) is 0 Å². The van der Waals surface area contributed by atoms with E-state index in [1.807, 2.05) is 24.8 Å². The maximum atomic E-state index is 5.57. The summed E-state index contributed by atoms with van der Waals surface area (Å²) in [7, 11) is 0. The fourth-order valence-electron chi connectivity index (χ4n) is 11.5. The van der Waals surface area contributed by atoms with E-state index in [1.165, 1.54) is 54.1 Å². The van der Waals surface area contributed by atoms with Gasteiger partial charge in [-0.3, -0.25) is 15.0 Å². The van der Waals surface area contributed by atoms with Gasteiger partial charge in [0.2, 0.25) is 0 Å². The Labute approximate surface area is 414 Å². The molecule has 0 fully saturated rings. The second-order valence-corrected chi connectivity index (χ2v) is 18.8. The Hall–Kier alpha value is -9.71. The number of benzene rings is 10. The molecule has 15 aromatic rings. The van der Waals surface area contributed by atoms with Crippen LogP contribution in [0.2, 0.25) is 0 Å². The molecule has 0 aliphatic heterocycles. The number of rotatable bonds is 6. The average Bonchev–Trinajstić information content (AvgIpc) is 3.95.